The van der Waals surface area contributed by atoms with Crippen LogP contribution in [0.5, 0.6) is 0 Å². The maximum atomic E-state index is 8.07. The molecule has 15 heavy (non-hydrogen) atoms. The van der Waals surface area contributed by atoms with Gasteiger partial charge in [-0.1, -0.05) is 50.1 Å². The van der Waals surface area contributed by atoms with Crippen LogP contribution in [-0.2, 0) is 0 Å². The van der Waals surface area contributed by atoms with Gasteiger partial charge in [-0.2, -0.15) is 0 Å². The van der Waals surface area contributed by atoms with Gasteiger partial charge in [0.25, 0.3) is 0 Å². The van der Waals surface area contributed by atoms with Crippen molar-refractivity contribution in [3.05, 3.63) is 54.2 Å². The van der Waals surface area contributed by atoms with Gasteiger partial charge in [0.1, 0.15) is 0 Å². The normalized spacial score (nSPS) is 19.9. The lowest BCUT2D eigenvalue weighted by atomic mass is 10.0. The number of aromatic nitrogens is 1. The van der Waals surface area contributed by atoms with Crippen LogP contribution in [0.2, 0.25) is 0 Å². The first-order chi connectivity index (χ1) is 10.1. The molecule has 0 unspecified atom stereocenters. The second-order valence-corrected chi connectivity index (χ2v) is 3.17. The van der Waals surface area contributed by atoms with Gasteiger partial charge >= 0.3 is 0 Å². The predicted molar refractivity (Wildman–Crippen MR) is 63.8 cm³/mol. The maximum absolute atomic E-state index is 8.07. The van der Waals surface area contributed by atoms with E-state index in [9.17, 15) is 0 Å². The van der Waals surface area contributed by atoms with Crippen molar-refractivity contribution in [2.24, 2.45) is 0 Å². The zero-order valence-electron chi connectivity index (χ0n) is 15.1. The molecule has 0 saturated heterocycles. The van der Waals surface area contributed by atoms with Crippen LogP contribution in [0.1, 0.15) is 34.8 Å². The molecule has 1 nitrogen and oxygen atoms in total. The van der Waals surface area contributed by atoms with Crippen LogP contribution in [0.15, 0.2) is 48.7 Å². The third-order valence-electron chi connectivity index (χ3n) is 2.12. The minimum absolute atomic E-state index is 0.146. The van der Waals surface area contributed by atoms with Gasteiger partial charge in [0, 0.05) is 21.4 Å². The highest BCUT2D eigenvalue weighted by Gasteiger charge is 2.01. The van der Waals surface area contributed by atoms with Crippen molar-refractivity contribution in [1.29, 1.82) is 0 Å². The Kier molecular flexibility index (Phi) is 1.27. The van der Waals surface area contributed by atoms with Crippen LogP contribution in [0.3, 0.4) is 0 Å². The summed E-state index contributed by atoms with van der Waals surface area (Å²) in [6.07, 6.45) is 1.16. The Balaban J connectivity index is 2.48. The number of nitrogens with zero attached hydrogens (tertiary/aromatic N) is 1. The summed E-state index contributed by atoms with van der Waals surface area (Å²) >= 11 is 0. The van der Waals surface area contributed by atoms with Crippen LogP contribution in [0.25, 0.3) is 11.3 Å². The third-order valence-corrected chi connectivity index (χ3v) is 2.12. The van der Waals surface area contributed by atoms with Crippen molar-refractivity contribution in [3.8, 4) is 11.3 Å². The van der Waals surface area contributed by atoms with E-state index in [0.29, 0.717) is 5.69 Å². The van der Waals surface area contributed by atoms with Gasteiger partial charge in [-0.15, -0.1) is 0 Å². The van der Waals surface area contributed by atoms with Gasteiger partial charge in [0.2, 0.25) is 0 Å². The minimum Gasteiger partial charge on any atom is -0.256 e. The van der Waals surface area contributed by atoms with E-state index in [1.54, 1.807) is 0 Å². The zero-order valence-corrected chi connectivity index (χ0v) is 8.07. The summed E-state index contributed by atoms with van der Waals surface area (Å²) in [6, 6.07) is 12.1. The van der Waals surface area contributed by atoms with Crippen LogP contribution in [-0.4, -0.2) is 4.98 Å². The molecule has 0 aliphatic heterocycles. The van der Waals surface area contributed by atoms with E-state index in [2.05, 4.69) is 4.98 Å². The fraction of sp³-hybridized carbons (Fsp3) is 0.214. The Morgan fingerprint density at radius 1 is 1.13 bits per heavy atom. The van der Waals surface area contributed by atoms with Crippen molar-refractivity contribution < 1.29 is 9.60 Å². The van der Waals surface area contributed by atoms with E-state index in [1.165, 1.54) is 12.1 Å². The van der Waals surface area contributed by atoms with Gasteiger partial charge in [-0.05, 0) is 17.5 Å². The number of pyridine rings is 1. The monoisotopic (exact) mass is 204 g/mol. The average Bonchev–Trinajstić information content (AvgIpc) is 2.45. The van der Waals surface area contributed by atoms with Crippen LogP contribution < -0.4 is 0 Å². The van der Waals surface area contributed by atoms with Gasteiger partial charge in [-0.25, -0.2) is 0 Å². The van der Waals surface area contributed by atoms with Crippen molar-refractivity contribution in [2.75, 3.05) is 0 Å². The average molecular weight is 204 g/mol. The lowest BCUT2D eigenvalue weighted by molar-refractivity contribution is 0.859. The van der Waals surface area contributed by atoms with E-state index in [4.69, 9.17) is 9.60 Å². The van der Waals surface area contributed by atoms with Crippen molar-refractivity contribution in [1.82, 2.24) is 4.98 Å². The molecule has 0 spiro atoms. The second-order valence-electron chi connectivity index (χ2n) is 3.17. The van der Waals surface area contributed by atoms with Gasteiger partial charge < -0.3 is 0 Å². The Morgan fingerprint density at radius 2 is 1.93 bits per heavy atom. The number of rotatable bonds is 2. The van der Waals surface area contributed by atoms with Crippen molar-refractivity contribution in [2.45, 2.75) is 19.6 Å². The first-order valence-corrected chi connectivity index (χ1v) is 4.59. The molecule has 0 aliphatic rings. The summed E-state index contributed by atoms with van der Waals surface area (Å²) in [6.45, 7) is -5.98. The van der Waals surface area contributed by atoms with E-state index in [1.807, 2.05) is 30.3 Å². The topological polar surface area (TPSA) is 12.9 Å². The first-order valence-electron chi connectivity index (χ1n) is 8.09. The Hall–Kier alpha value is -1.63. The Bertz CT molecular complexity index is 615. The standard InChI is InChI=1S/C14H15N/c1-11(2)13-8-9-14(15-10-13)12-6-4-3-5-7-12/h3-11H,1-2H3/i1D3,2D3,11D. The molecule has 0 N–H and O–H groups in total. The van der Waals surface area contributed by atoms with Gasteiger partial charge in [0.15, 0.2) is 0 Å². The molecule has 0 radical (unpaired) electrons. The molecular formula is C14H15N. The summed E-state index contributed by atoms with van der Waals surface area (Å²) in [4.78, 5) is 4.12. The second kappa shape index (κ2) is 4.26. The van der Waals surface area contributed by atoms with Crippen LogP contribution in [0, 0.1) is 0 Å². The molecule has 2 rings (SSSR count). The fourth-order valence-corrected chi connectivity index (χ4v) is 1.32. The van der Waals surface area contributed by atoms with E-state index >= 15 is 0 Å². The Labute approximate surface area is 101 Å². The quantitative estimate of drug-likeness (QED) is 0.723. The van der Waals surface area contributed by atoms with E-state index < -0.39 is 19.6 Å². The highest BCUT2D eigenvalue weighted by atomic mass is 14.7. The summed E-state index contributed by atoms with van der Waals surface area (Å²) in [5.41, 5.74) is 1.27. The number of hydrogen-bond donors (Lipinski definition) is 0. The molecule has 76 valence electrons. The van der Waals surface area contributed by atoms with Gasteiger partial charge in [0.05, 0.1) is 5.69 Å². The number of hydrogen-bond acceptors (Lipinski definition) is 1. The molecule has 0 atom stereocenters. The Morgan fingerprint density at radius 3 is 2.53 bits per heavy atom. The van der Waals surface area contributed by atoms with Gasteiger partial charge in [-0.3, -0.25) is 4.98 Å². The molecule has 1 heterocycles. The molecule has 1 heteroatoms. The molecule has 2 aromatic rings. The molecule has 0 bridgehead atoms. The molecule has 1 aromatic heterocycles. The summed E-state index contributed by atoms with van der Waals surface area (Å²) < 4.78 is 52.8. The largest absolute Gasteiger partial charge is 0.256 e. The molecular weight excluding hydrogens is 182 g/mol. The van der Waals surface area contributed by atoms with E-state index in [0.717, 1.165) is 11.8 Å². The molecule has 0 aliphatic carbocycles. The van der Waals surface area contributed by atoms with E-state index in [-0.39, 0.29) is 5.56 Å². The van der Waals surface area contributed by atoms with Crippen molar-refractivity contribution >= 4 is 0 Å². The van der Waals surface area contributed by atoms with Crippen LogP contribution in [0.4, 0.5) is 0 Å². The molecule has 0 amide bonds. The SMILES string of the molecule is [2H]C([2H])([2H])C([2H])(c1ccc(-c2ccccc2)nc1)C([2H])([2H])[2H]. The first kappa shape index (κ1) is 4.48. The summed E-state index contributed by atoms with van der Waals surface area (Å²) in [5, 5.41) is 0. The predicted octanol–water partition coefficient (Wildman–Crippen LogP) is 3.87. The van der Waals surface area contributed by atoms with Crippen molar-refractivity contribution in [3.63, 3.8) is 0 Å². The summed E-state index contributed by atoms with van der Waals surface area (Å²) in [7, 11) is 0. The summed E-state index contributed by atoms with van der Waals surface area (Å²) in [5.74, 6) is -2.71. The smallest absolute Gasteiger partial charge is 0.0702 e. The third kappa shape index (κ3) is 2.24. The lowest BCUT2D eigenvalue weighted by Crippen LogP contribution is -1.89. The van der Waals surface area contributed by atoms with Crippen LogP contribution >= 0.6 is 0 Å². The molecule has 0 fully saturated rings. The highest BCUT2D eigenvalue weighted by molar-refractivity contribution is 5.58. The minimum atomic E-state index is -2.99. The molecule has 0 saturated carbocycles. The zero-order chi connectivity index (χ0) is 16.6. The highest BCUT2D eigenvalue weighted by Crippen LogP contribution is 2.19. The fourth-order valence-electron chi connectivity index (χ4n) is 1.32. The molecule has 1 aromatic carbocycles. The maximum Gasteiger partial charge on any atom is 0.0702 e. The number of benzene rings is 1. The lowest BCUT2D eigenvalue weighted by Gasteiger charge is -2.05.